The number of hydrogen-bond acceptors (Lipinski definition) is 5. The summed E-state index contributed by atoms with van der Waals surface area (Å²) in [5.41, 5.74) is 2.95. The molecule has 0 bridgehead atoms. The second-order valence-electron chi connectivity index (χ2n) is 8.05. The molecule has 0 spiro atoms. The Kier molecular flexibility index (Phi) is 5.13. The molecular weight excluding hydrogens is 380 g/mol. The number of hydrogen-bond donors (Lipinski definition) is 1. The van der Waals surface area contributed by atoms with E-state index in [0.29, 0.717) is 16.5 Å². The van der Waals surface area contributed by atoms with Gasteiger partial charge in [0.05, 0.1) is 28.0 Å². The van der Waals surface area contributed by atoms with E-state index in [1.165, 1.54) is 11.3 Å². The molecule has 0 radical (unpaired) electrons. The lowest BCUT2D eigenvalue weighted by atomic mass is 9.80. The van der Waals surface area contributed by atoms with Crippen molar-refractivity contribution in [3.05, 3.63) is 53.2 Å². The zero-order chi connectivity index (χ0) is 20.6. The standard InChI is InChI=1S/C23H26N4OS/c1-15(28)21-20(19-18(27(3)4)9-12-24-22(19)29-21)26-14-25-17-8-6-11-23(2)10-5-7-16(23)13-17/h5-6,9-14,16H,7-8H2,1-4H3,(H,25,26). The van der Waals surface area contributed by atoms with Crippen molar-refractivity contribution >= 4 is 45.0 Å². The third kappa shape index (κ3) is 3.65. The van der Waals surface area contributed by atoms with Crippen LogP contribution in [0.3, 0.4) is 0 Å². The van der Waals surface area contributed by atoms with Crippen LogP contribution in [0, 0.1) is 11.3 Å². The van der Waals surface area contributed by atoms with E-state index in [1.807, 2.05) is 25.1 Å². The van der Waals surface area contributed by atoms with Gasteiger partial charge in [0.1, 0.15) is 4.83 Å². The first-order chi connectivity index (χ1) is 13.9. The third-order valence-electron chi connectivity index (χ3n) is 5.67. The van der Waals surface area contributed by atoms with E-state index in [0.717, 1.165) is 34.4 Å². The summed E-state index contributed by atoms with van der Waals surface area (Å²) in [4.78, 5) is 24.9. The van der Waals surface area contributed by atoms with Crippen molar-refractivity contribution in [1.29, 1.82) is 0 Å². The number of allylic oxidation sites excluding steroid dienone is 5. The molecule has 0 amide bonds. The van der Waals surface area contributed by atoms with E-state index < -0.39 is 0 Å². The van der Waals surface area contributed by atoms with Crippen molar-refractivity contribution in [2.75, 3.05) is 19.0 Å². The van der Waals surface area contributed by atoms with Crippen LogP contribution in [0.4, 0.5) is 11.4 Å². The number of fused-ring (bicyclic) bond motifs is 2. The number of carbonyl (C=O) groups is 1. The SMILES string of the molecule is CC(=O)c1sc2nccc(N(C)C)c2c1N=CNC1=CC2CC=CC2(C)C=CC1. The van der Waals surface area contributed by atoms with Gasteiger partial charge in [0.2, 0.25) is 0 Å². The number of nitrogens with one attached hydrogen (secondary N) is 1. The van der Waals surface area contributed by atoms with Gasteiger partial charge in [0, 0.05) is 44.7 Å². The van der Waals surface area contributed by atoms with Crippen LogP contribution < -0.4 is 10.2 Å². The van der Waals surface area contributed by atoms with Gasteiger partial charge >= 0.3 is 0 Å². The quantitative estimate of drug-likeness (QED) is 0.319. The molecule has 4 rings (SSSR count). The third-order valence-corrected chi connectivity index (χ3v) is 6.86. The van der Waals surface area contributed by atoms with Gasteiger partial charge in [-0.15, -0.1) is 11.3 Å². The molecular formula is C23H26N4OS. The summed E-state index contributed by atoms with van der Waals surface area (Å²) in [7, 11) is 3.97. The number of nitrogens with zero attached hydrogens (tertiary/aromatic N) is 3. The second-order valence-corrected chi connectivity index (χ2v) is 9.05. The Morgan fingerprint density at radius 3 is 2.93 bits per heavy atom. The molecule has 2 atom stereocenters. The van der Waals surface area contributed by atoms with E-state index in [2.05, 4.69) is 47.6 Å². The summed E-state index contributed by atoms with van der Waals surface area (Å²) in [5.74, 6) is 0.478. The first-order valence-corrected chi connectivity index (χ1v) is 10.7. The maximum absolute atomic E-state index is 12.2. The molecule has 29 heavy (non-hydrogen) atoms. The topological polar surface area (TPSA) is 57.6 Å². The molecule has 150 valence electrons. The first-order valence-electron chi connectivity index (χ1n) is 9.84. The fourth-order valence-corrected chi connectivity index (χ4v) is 5.04. The highest BCUT2D eigenvalue weighted by molar-refractivity contribution is 7.21. The van der Waals surface area contributed by atoms with Crippen molar-refractivity contribution in [3.63, 3.8) is 0 Å². The predicted molar refractivity (Wildman–Crippen MR) is 122 cm³/mol. The molecule has 2 aliphatic carbocycles. The van der Waals surface area contributed by atoms with Crippen LogP contribution in [0.2, 0.25) is 0 Å². The molecule has 2 aromatic heterocycles. The average Bonchev–Trinajstić information content (AvgIpc) is 3.18. The van der Waals surface area contributed by atoms with Crippen molar-refractivity contribution < 1.29 is 4.79 Å². The second kappa shape index (κ2) is 7.59. The van der Waals surface area contributed by atoms with Gasteiger partial charge in [0.15, 0.2) is 5.78 Å². The smallest absolute Gasteiger partial charge is 0.172 e. The van der Waals surface area contributed by atoms with Gasteiger partial charge in [-0.1, -0.05) is 37.3 Å². The van der Waals surface area contributed by atoms with Crippen LogP contribution in [-0.2, 0) is 0 Å². The normalized spacial score (nSPS) is 23.3. The molecule has 0 fully saturated rings. The lowest BCUT2D eigenvalue weighted by molar-refractivity contribution is 0.102. The van der Waals surface area contributed by atoms with Gasteiger partial charge in [-0.25, -0.2) is 9.98 Å². The Hall–Kier alpha value is -2.73. The molecule has 5 nitrogen and oxygen atoms in total. The van der Waals surface area contributed by atoms with E-state index >= 15 is 0 Å². The molecule has 1 N–H and O–H groups in total. The number of aliphatic imine (C=N–C) groups is 1. The lowest BCUT2D eigenvalue weighted by Gasteiger charge is -2.24. The van der Waals surface area contributed by atoms with E-state index in [-0.39, 0.29) is 11.2 Å². The highest BCUT2D eigenvalue weighted by Crippen LogP contribution is 2.43. The molecule has 2 aromatic rings. The predicted octanol–water partition coefficient (Wildman–Crippen LogP) is 5.24. The van der Waals surface area contributed by atoms with Gasteiger partial charge in [-0.2, -0.15) is 0 Å². The first kappa shape index (κ1) is 19.6. The van der Waals surface area contributed by atoms with Gasteiger partial charge < -0.3 is 10.2 Å². The minimum absolute atomic E-state index is 0.00858. The van der Waals surface area contributed by atoms with E-state index in [4.69, 9.17) is 4.99 Å². The molecule has 0 aliphatic heterocycles. The average molecular weight is 407 g/mol. The highest BCUT2D eigenvalue weighted by atomic mass is 32.1. The number of ketones is 1. The highest BCUT2D eigenvalue weighted by Gasteiger charge is 2.32. The Morgan fingerprint density at radius 1 is 1.38 bits per heavy atom. The van der Waals surface area contributed by atoms with Crippen LogP contribution in [0.25, 0.3) is 10.2 Å². The van der Waals surface area contributed by atoms with Crippen molar-refractivity contribution in [3.8, 4) is 0 Å². The number of aromatic nitrogens is 1. The number of carbonyl (C=O) groups excluding carboxylic acids is 1. The molecule has 0 saturated heterocycles. The number of thiophene rings is 1. The van der Waals surface area contributed by atoms with Gasteiger partial charge in [-0.05, 0) is 18.4 Å². The van der Waals surface area contributed by atoms with E-state index in [9.17, 15) is 4.79 Å². The van der Waals surface area contributed by atoms with Crippen LogP contribution in [0.1, 0.15) is 36.4 Å². The van der Waals surface area contributed by atoms with Crippen molar-refractivity contribution in [1.82, 2.24) is 10.3 Å². The van der Waals surface area contributed by atoms with Gasteiger partial charge in [-0.3, -0.25) is 4.79 Å². The summed E-state index contributed by atoms with van der Waals surface area (Å²) < 4.78 is 0. The minimum atomic E-state index is 0.00858. The fraction of sp³-hybridized carbons (Fsp3) is 0.348. The summed E-state index contributed by atoms with van der Waals surface area (Å²) in [5, 5.41) is 4.28. The number of rotatable bonds is 5. The Labute approximate surface area is 175 Å². The summed E-state index contributed by atoms with van der Waals surface area (Å²) in [6.45, 7) is 3.86. The summed E-state index contributed by atoms with van der Waals surface area (Å²) in [6, 6.07) is 1.96. The zero-order valence-electron chi connectivity index (χ0n) is 17.3. The summed E-state index contributed by atoms with van der Waals surface area (Å²) in [6.07, 6.45) is 16.8. The monoisotopic (exact) mass is 406 g/mol. The van der Waals surface area contributed by atoms with Gasteiger partial charge in [0.25, 0.3) is 0 Å². The maximum Gasteiger partial charge on any atom is 0.172 e. The molecule has 2 heterocycles. The molecule has 0 saturated carbocycles. The van der Waals surface area contributed by atoms with Crippen LogP contribution in [0.15, 0.2) is 53.3 Å². The summed E-state index contributed by atoms with van der Waals surface area (Å²) >= 11 is 1.40. The molecule has 6 heteroatoms. The Morgan fingerprint density at radius 2 is 2.17 bits per heavy atom. The zero-order valence-corrected chi connectivity index (χ0v) is 18.1. The molecule has 2 aliphatic rings. The van der Waals surface area contributed by atoms with Crippen LogP contribution in [0.5, 0.6) is 0 Å². The number of Topliss-reactive ketones (excluding diaryl/α,β-unsaturated/α-hetero) is 1. The fourth-order valence-electron chi connectivity index (χ4n) is 4.04. The lowest BCUT2D eigenvalue weighted by Crippen LogP contribution is -2.18. The maximum atomic E-state index is 12.2. The number of anilines is 1. The number of pyridine rings is 1. The largest absolute Gasteiger partial charge is 0.377 e. The Bertz CT molecular complexity index is 1080. The van der Waals surface area contributed by atoms with Crippen LogP contribution >= 0.6 is 11.3 Å². The minimum Gasteiger partial charge on any atom is -0.377 e. The van der Waals surface area contributed by atoms with Crippen molar-refractivity contribution in [2.24, 2.45) is 16.3 Å². The van der Waals surface area contributed by atoms with E-state index in [1.54, 1.807) is 19.5 Å². The molecule has 2 unspecified atom stereocenters. The van der Waals surface area contributed by atoms with Crippen LogP contribution in [-0.4, -0.2) is 31.2 Å². The Balaban J connectivity index is 1.66. The molecule has 0 aromatic carbocycles. The van der Waals surface area contributed by atoms with Crippen molar-refractivity contribution in [2.45, 2.75) is 26.7 Å².